The highest BCUT2D eigenvalue weighted by Crippen LogP contribution is 2.24. The number of nitrogens with zero attached hydrogens (tertiary/aromatic N) is 6. The minimum atomic E-state index is 0.151. The monoisotopic (exact) mass is 289 g/mol. The van der Waals surface area contributed by atoms with Crippen molar-refractivity contribution < 1.29 is 0 Å². The van der Waals surface area contributed by atoms with E-state index < -0.39 is 0 Å². The predicted molar refractivity (Wildman–Crippen MR) is 76.0 cm³/mol. The van der Waals surface area contributed by atoms with Crippen molar-refractivity contribution in [2.75, 3.05) is 5.32 Å². The van der Waals surface area contributed by atoms with Gasteiger partial charge in [0, 0.05) is 18.4 Å². The predicted octanol–water partition coefficient (Wildman–Crippen LogP) is 2.59. The number of imidazole rings is 1. The molecule has 0 radical (unpaired) electrons. The second-order valence-corrected chi connectivity index (χ2v) is 4.79. The molecular formula is C12H12ClN7. The molecule has 0 unspecified atom stereocenters. The summed E-state index contributed by atoms with van der Waals surface area (Å²) in [7, 11) is 0. The third-order valence-electron chi connectivity index (χ3n) is 2.75. The Morgan fingerprint density at radius 3 is 2.60 bits per heavy atom. The topological polar surface area (TPSA) is 81.4 Å². The van der Waals surface area contributed by atoms with Gasteiger partial charge in [0.05, 0.1) is 6.33 Å². The van der Waals surface area contributed by atoms with Crippen LogP contribution < -0.4 is 5.32 Å². The Morgan fingerprint density at radius 2 is 1.90 bits per heavy atom. The largest absolute Gasteiger partial charge is 0.313 e. The van der Waals surface area contributed by atoms with E-state index in [0.29, 0.717) is 22.9 Å². The van der Waals surface area contributed by atoms with Crippen molar-refractivity contribution >= 4 is 34.5 Å². The summed E-state index contributed by atoms with van der Waals surface area (Å²) in [5.74, 6) is 0.924. The smallest absolute Gasteiger partial charge is 0.228 e. The molecule has 20 heavy (non-hydrogen) atoms. The van der Waals surface area contributed by atoms with E-state index in [1.54, 1.807) is 24.8 Å². The molecule has 0 bridgehead atoms. The van der Waals surface area contributed by atoms with Crippen LogP contribution in [-0.2, 0) is 0 Å². The molecule has 0 aliphatic carbocycles. The first-order valence-electron chi connectivity index (χ1n) is 6.09. The molecule has 0 saturated heterocycles. The van der Waals surface area contributed by atoms with Gasteiger partial charge in [0.2, 0.25) is 11.2 Å². The van der Waals surface area contributed by atoms with E-state index in [1.807, 2.05) is 18.4 Å². The summed E-state index contributed by atoms with van der Waals surface area (Å²) in [5.41, 5.74) is 1.31. The van der Waals surface area contributed by atoms with E-state index in [1.165, 1.54) is 0 Å². The molecule has 3 aromatic rings. The zero-order valence-electron chi connectivity index (χ0n) is 10.9. The van der Waals surface area contributed by atoms with E-state index in [0.717, 1.165) is 0 Å². The molecule has 0 saturated carbocycles. The minimum Gasteiger partial charge on any atom is -0.313 e. The maximum Gasteiger partial charge on any atom is 0.228 e. The summed E-state index contributed by atoms with van der Waals surface area (Å²) in [5, 5.41) is 3.16. The number of fused-ring (bicyclic) bond motifs is 1. The molecule has 7 nitrogen and oxygen atoms in total. The third-order valence-corrected chi connectivity index (χ3v) is 2.92. The molecule has 1 N–H and O–H groups in total. The lowest BCUT2D eigenvalue weighted by atomic mass is 10.4. The molecule has 0 amide bonds. The fourth-order valence-corrected chi connectivity index (χ4v) is 1.99. The molecular weight excluding hydrogens is 278 g/mol. The Morgan fingerprint density at radius 1 is 1.15 bits per heavy atom. The summed E-state index contributed by atoms with van der Waals surface area (Å²) < 4.78 is 1.93. The lowest BCUT2D eigenvalue weighted by Crippen LogP contribution is -2.03. The van der Waals surface area contributed by atoms with Crippen LogP contribution >= 0.6 is 11.6 Å². The molecule has 0 aliphatic heterocycles. The molecule has 0 aromatic carbocycles. The quantitative estimate of drug-likeness (QED) is 0.746. The van der Waals surface area contributed by atoms with E-state index in [4.69, 9.17) is 11.6 Å². The molecule has 3 rings (SSSR count). The molecule has 0 atom stereocenters. The molecule has 0 spiro atoms. The van der Waals surface area contributed by atoms with Gasteiger partial charge in [0.1, 0.15) is 0 Å². The van der Waals surface area contributed by atoms with Crippen LogP contribution in [0.25, 0.3) is 11.2 Å². The third kappa shape index (κ3) is 2.27. The number of aromatic nitrogens is 6. The Labute approximate surface area is 120 Å². The van der Waals surface area contributed by atoms with Crippen molar-refractivity contribution in [1.82, 2.24) is 29.5 Å². The maximum atomic E-state index is 5.98. The highest BCUT2D eigenvalue weighted by Gasteiger charge is 2.14. The highest BCUT2D eigenvalue weighted by atomic mass is 35.5. The summed E-state index contributed by atoms with van der Waals surface area (Å²) in [6.07, 6.45) is 5.00. The maximum absolute atomic E-state index is 5.98. The van der Waals surface area contributed by atoms with Crippen molar-refractivity contribution in [3.8, 4) is 0 Å². The second-order valence-electron chi connectivity index (χ2n) is 4.46. The van der Waals surface area contributed by atoms with Crippen LogP contribution in [0, 0.1) is 0 Å². The van der Waals surface area contributed by atoms with Crippen molar-refractivity contribution in [2.45, 2.75) is 19.9 Å². The van der Waals surface area contributed by atoms with Gasteiger partial charge in [-0.25, -0.2) is 15.0 Å². The molecule has 3 heterocycles. The van der Waals surface area contributed by atoms with E-state index in [-0.39, 0.29) is 11.3 Å². The van der Waals surface area contributed by atoms with E-state index in [2.05, 4.69) is 30.2 Å². The molecule has 102 valence electrons. The highest BCUT2D eigenvalue weighted by molar-refractivity contribution is 6.28. The van der Waals surface area contributed by atoms with Crippen LogP contribution in [0.4, 0.5) is 11.8 Å². The Kier molecular flexibility index (Phi) is 3.19. The van der Waals surface area contributed by atoms with Crippen molar-refractivity contribution in [3.63, 3.8) is 0 Å². The first-order chi connectivity index (χ1) is 9.65. The standard InChI is InChI=1S/C12H12ClN7/c1-7(2)20-6-16-8-9(17-11(13)19-10(8)20)18-12-14-4-3-5-15-12/h3-7H,1-2H3,(H,14,15,17,18,19). The number of hydrogen-bond donors (Lipinski definition) is 1. The van der Waals surface area contributed by atoms with Gasteiger partial charge in [0.25, 0.3) is 0 Å². The summed E-state index contributed by atoms with van der Waals surface area (Å²) in [6, 6.07) is 1.97. The molecule has 8 heteroatoms. The van der Waals surface area contributed by atoms with Crippen molar-refractivity contribution in [3.05, 3.63) is 30.1 Å². The fraction of sp³-hybridized carbons (Fsp3) is 0.250. The Hall–Kier alpha value is -2.28. The first kappa shape index (κ1) is 12.7. The zero-order valence-corrected chi connectivity index (χ0v) is 11.7. The summed E-state index contributed by atoms with van der Waals surface area (Å²) >= 11 is 5.98. The summed E-state index contributed by atoms with van der Waals surface area (Å²) in [4.78, 5) is 20.9. The number of rotatable bonds is 3. The average molecular weight is 290 g/mol. The molecule has 3 aromatic heterocycles. The van der Waals surface area contributed by atoms with Crippen LogP contribution in [0.2, 0.25) is 5.28 Å². The fourth-order valence-electron chi connectivity index (χ4n) is 1.82. The van der Waals surface area contributed by atoms with E-state index in [9.17, 15) is 0 Å². The van der Waals surface area contributed by atoms with Crippen LogP contribution in [0.5, 0.6) is 0 Å². The lowest BCUT2D eigenvalue weighted by Gasteiger charge is -2.08. The van der Waals surface area contributed by atoms with Gasteiger partial charge in [-0.15, -0.1) is 0 Å². The normalized spacial score (nSPS) is 11.2. The SMILES string of the molecule is CC(C)n1cnc2c(Nc3ncccn3)nc(Cl)nc21. The number of nitrogens with one attached hydrogen (secondary N) is 1. The van der Waals surface area contributed by atoms with Gasteiger partial charge in [-0.05, 0) is 31.5 Å². The van der Waals surface area contributed by atoms with E-state index >= 15 is 0 Å². The van der Waals surface area contributed by atoms with Crippen LogP contribution in [-0.4, -0.2) is 29.5 Å². The number of anilines is 2. The van der Waals surface area contributed by atoms with Crippen molar-refractivity contribution in [2.24, 2.45) is 0 Å². The molecule has 0 fully saturated rings. The van der Waals surface area contributed by atoms with Crippen LogP contribution in [0.1, 0.15) is 19.9 Å². The van der Waals surface area contributed by atoms with Gasteiger partial charge in [-0.2, -0.15) is 9.97 Å². The van der Waals surface area contributed by atoms with Gasteiger partial charge >= 0.3 is 0 Å². The van der Waals surface area contributed by atoms with Gasteiger partial charge in [-0.3, -0.25) is 0 Å². The molecule has 0 aliphatic rings. The van der Waals surface area contributed by atoms with Gasteiger partial charge in [0.15, 0.2) is 17.0 Å². The zero-order chi connectivity index (χ0) is 14.1. The lowest BCUT2D eigenvalue weighted by molar-refractivity contribution is 0.612. The summed E-state index contributed by atoms with van der Waals surface area (Å²) in [6.45, 7) is 4.09. The van der Waals surface area contributed by atoms with Crippen LogP contribution in [0.3, 0.4) is 0 Å². The van der Waals surface area contributed by atoms with Gasteiger partial charge < -0.3 is 9.88 Å². The average Bonchev–Trinajstić information content (AvgIpc) is 2.83. The minimum absolute atomic E-state index is 0.151. The first-order valence-corrected chi connectivity index (χ1v) is 6.47. The Bertz CT molecular complexity index is 738. The van der Waals surface area contributed by atoms with Crippen molar-refractivity contribution in [1.29, 1.82) is 0 Å². The Balaban J connectivity index is 2.11. The second kappa shape index (κ2) is 5.01. The van der Waals surface area contributed by atoms with Gasteiger partial charge in [-0.1, -0.05) is 0 Å². The number of halogens is 1. The number of hydrogen-bond acceptors (Lipinski definition) is 6. The van der Waals surface area contributed by atoms with Crippen LogP contribution in [0.15, 0.2) is 24.8 Å².